The molecule has 118 valence electrons. The van der Waals surface area contributed by atoms with Gasteiger partial charge in [0.05, 0.1) is 13.2 Å². The fourth-order valence-corrected chi connectivity index (χ4v) is 2.02. The van der Waals surface area contributed by atoms with Gasteiger partial charge in [-0.2, -0.15) is 0 Å². The van der Waals surface area contributed by atoms with Gasteiger partial charge in [0, 0.05) is 5.41 Å². The molecule has 0 saturated heterocycles. The Balaban J connectivity index is 2.49. The maximum atomic E-state index is 10.5. The fourth-order valence-electron chi connectivity index (χ4n) is 2.02. The number of benzene rings is 1. The normalized spacial score (nSPS) is 11.4. The number of rotatable bonds is 10. The van der Waals surface area contributed by atoms with Crippen molar-refractivity contribution in [1.82, 2.24) is 0 Å². The van der Waals surface area contributed by atoms with Crippen LogP contribution in [0.4, 0.5) is 0 Å². The van der Waals surface area contributed by atoms with E-state index in [0.29, 0.717) is 6.61 Å². The molecule has 21 heavy (non-hydrogen) atoms. The van der Waals surface area contributed by atoms with Crippen molar-refractivity contribution in [1.29, 1.82) is 0 Å². The summed E-state index contributed by atoms with van der Waals surface area (Å²) in [6.07, 6.45) is 3.45. The molecule has 0 aliphatic carbocycles. The molecule has 0 radical (unpaired) electrons. The van der Waals surface area contributed by atoms with Crippen LogP contribution in [0.1, 0.15) is 45.6 Å². The van der Waals surface area contributed by atoms with Gasteiger partial charge in [-0.25, -0.2) is 4.79 Å². The second-order valence-corrected chi connectivity index (χ2v) is 5.85. The number of carboxylic acids is 1. The Kier molecular flexibility index (Phi) is 7.23. The molecule has 1 rings (SSSR count). The van der Waals surface area contributed by atoms with Gasteiger partial charge < -0.3 is 14.6 Å². The molecule has 0 aromatic heterocycles. The molecule has 0 fully saturated rings. The quantitative estimate of drug-likeness (QED) is 0.669. The number of carboxylic acid groups (broad SMARTS) is 1. The Labute approximate surface area is 127 Å². The van der Waals surface area contributed by atoms with Crippen molar-refractivity contribution in [3.8, 4) is 5.75 Å². The number of hydrogen-bond acceptors (Lipinski definition) is 3. The van der Waals surface area contributed by atoms with Crippen LogP contribution in [0.5, 0.6) is 5.75 Å². The zero-order valence-electron chi connectivity index (χ0n) is 13.2. The Morgan fingerprint density at radius 1 is 1.19 bits per heavy atom. The highest BCUT2D eigenvalue weighted by Crippen LogP contribution is 2.25. The van der Waals surface area contributed by atoms with Crippen LogP contribution in [0.3, 0.4) is 0 Å². The maximum absolute atomic E-state index is 10.5. The zero-order chi connectivity index (χ0) is 15.7. The van der Waals surface area contributed by atoms with Crippen LogP contribution in [0.25, 0.3) is 0 Å². The summed E-state index contributed by atoms with van der Waals surface area (Å²) in [6, 6.07) is 7.94. The van der Waals surface area contributed by atoms with E-state index in [-0.39, 0.29) is 12.0 Å². The molecule has 0 atom stereocenters. The average molecular weight is 294 g/mol. The zero-order valence-corrected chi connectivity index (χ0v) is 13.2. The molecule has 0 spiro atoms. The Hall–Kier alpha value is -1.55. The van der Waals surface area contributed by atoms with E-state index in [4.69, 9.17) is 14.6 Å². The third-order valence-electron chi connectivity index (χ3n) is 3.34. The third-order valence-corrected chi connectivity index (χ3v) is 3.34. The summed E-state index contributed by atoms with van der Waals surface area (Å²) in [7, 11) is 0. The molecule has 0 amide bonds. The van der Waals surface area contributed by atoms with E-state index < -0.39 is 5.97 Å². The predicted octanol–water partition coefficient (Wildman–Crippen LogP) is 3.63. The lowest BCUT2D eigenvalue weighted by molar-refractivity contribution is -0.142. The van der Waals surface area contributed by atoms with Crippen molar-refractivity contribution < 1.29 is 19.4 Å². The van der Waals surface area contributed by atoms with Gasteiger partial charge in [0.1, 0.15) is 12.4 Å². The highest BCUT2D eigenvalue weighted by Gasteiger charge is 2.21. The van der Waals surface area contributed by atoms with E-state index in [1.165, 1.54) is 12.8 Å². The lowest BCUT2D eigenvalue weighted by Crippen LogP contribution is -2.26. The average Bonchev–Trinajstić information content (AvgIpc) is 2.43. The first-order valence-electron chi connectivity index (χ1n) is 7.48. The number of hydrogen-bond donors (Lipinski definition) is 1. The van der Waals surface area contributed by atoms with E-state index in [9.17, 15) is 4.79 Å². The number of ether oxygens (including phenoxy) is 2. The van der Waals surface area contributed by atoms with Gasteiger partial charge in [-0.1, -0.05) is 45.7 Å². The van der Waals surface area contributed by atoms with Gasteiger partial charge in [-0.15, -0.1) is 0 Å². The summed E-state index contributed by atoms with van der Waals surface area (Å²) in [5, 5.41) is 8.60. The molecule has 1 aromatic rings. The highest BCUT2D eigenvalue weighted by atomic mass is 16.5. The minimum absolute atomic E-state index is 0.226. The van der Waals surface area contributed by atoms with Crippen LogP contribution >= 0.6 is 0 Å². The standard InChI is InChI=1S/C17H26O4/c1-4-5-6-11-21-15-9-7-14(8-10-15)17(2,3)13-20-12-16(18)19/h7-10H,4-6,11-13H2,1-3H3,(H,18,19). The molecule has 4 heteroatoms. The Morgan fingerprint density at radius 2 is 1.86 bits per heavy atom. The van der Waals surface area contributed by atoms with Crippen molar-refractivity contribution in [3.63, 3.8) is 0 Å². The van der Waals surface area contributed by atoms with Crippen molar-refractivity contribution >= 4 is 5.97 Å². The summed E-state index contributed by atoms with van der Waals surface area (Å²) in [6.45, 7) is 7.09. The molecule has 0 saturated carbocycles. The molecular formula is C17H26O4. The summed E-state index contributed by atoms with van der Waals surface area (Å²) < 4.78 is 10.9. The topological polar surface area (TPSA) is 55.8 Å². The third kappa shape index (κ3) is 6.63. The predicted molar refractivity (Wildman–Crippen MR) is 82.9 cm³/mol. The van der Waals surface area contributed by atoms with Crippen molar-refractivity contribution in [2.45, 2.75) is 45.4 Å². The van der Waals surface area contributed by atoms with Crippen molar-refractivity contribution in [2.24, 2.45) is 0 Å². The van der Waals surface area contributed by atoms with Crippen LogP contribution in [0, 0.1) is 0 Å². The maximum Gasteiger partial charge on any atom is 0.329 e. The largest absolute Gasteiger partial charge is 0.494 e. The minimum Gasteiger partial charge on any atom is -0.494 e. The van der Waals surface area contributed by atoms with Gasteiger partial charge in [0.2, 0.25) is 0 Å². The Morgan fingerprint density at radius 3 is 2.43 bits per heavy atom. The second-order valence-electron chi connectivity index (χ2n) is 5.85. The summed E-state index contributed by atoms with van der Waals surface area (Å²) in [5.74, 6) is -0.0706. The van der Waals surface area contributed by atoms with Gasteiger partial charge in [0.15, 0.2) is 0 Å². The SMILES string of the molecule is CCCCCOc1ccc(C(C)(C)COCC(=O)O)cc1. The smallest absolute Gasteiger partial charge is 0.329 e. The van der Waals surface area contributed by atoms with Gasteiger partial charge in [0.25, 0.3) is 0 Å². The molecular weight excluding hydrogens is 268 g/mol. The molecule has 0 aliphatic heterocycles. The van der Waals surface area contributed by atoms with Crippen molar-refractivity contribution in [3.05, 3.63) is 29.8 Å². The number of unbranched alkanes of at least 4 members (excludes halogenated alkanes) is 2. The first-order valence-corrected chi connectivity index (χ1v) is 7.48. The van der Waals surface area contributed by atoms with E-state index in [0.717, 1.165) is 24.3 Å². The lowest BCUT2D eigenvalue weighted by atomic mass is 9.85. The van der Waals surface area contributed by atoms with Gasteiger partial charge in [-0.3, -0.25) is 0 Å². The van der Waals surface area contributed by atoms with Crippen LogP contribution in [-0.2, 0) is 14.9 Å². The van der Waals surface area contributed by atoms with E-state index in [1.54, 1.807) is 0 Å². The minimum atomic E-state index is -0.943. The van der Waals surface area contributed by atoms with E-state index in [2.05, 4.69) is 6.92 Å². The molecule has 0 heterocycles. The van der Waals surface area contributed by atoms with Crippen LogP contribution in [0.2, 0.25) is 0 Å². The monoisotopic (exact) mass is 294 g/mol. The van der Waals surface area contributed by atoms with Crippen LogP contribution in [-0.4, -0.2) is 30.9 Å². The van der Waals surface area contributed by atoms with Crippen LogP contribution < -0.4 is 4.74 Å². The summed E-state index contributed by atoms with van der Waals surface area (Å²) >= 11 is 0. The van der Waals surface area contributed by atoms with Crippen molar-refractivity contribution in [2.75, 3.05) is 19.8 Å². The van der Waals surface area contributed by atoms with E-state index >= 15 is 0 Å². The number of aliphatic carboxylic acids is 1. The summed E-state index contributed by atoms with van der Waals surface area (Å²) in [5.41, 5.74) is 0.879. The van der Waals surface area contributed by atoms with E-state index in [1.807, 2.05) is 38.1 Å². The highest BCUT2D eigenvalue weighted by molar-refractivity contribution is 5.68. The molecule has 4 nitrogen and oxygen atoms in total. The van der Waals surface area contributed by atoms with Gasteiger partial charge >= 0.3 is 5.97 Å². The summed E-state index contributed by atoms with van der Waals surface area (Å²) in [4.78, 5) is 10.5. The Bertz CT molecular complexity index is 423. The molecule has 0 unspecified atom stereocenters. The first-order chi connectivity index (χ1) is 9.95. The molecule has 0 aliphatic rings. The van der Waals surface area contributed by atoms with Crippen LogP contribution in [0.15, 0.2) is 24.3 Å². The number of carbonyl (C=O) groups is 1. The second kappa shape index (κ2) is 8.67. The van der Waals surface area contributed by atoms with Gasteiger partial charge in [-0.05, 0) is 24.1 Å². The first kappa shape index (κ1) is 17.5. The lowest BCUT2D eigenvalue weighted by Gasteiger charge is -2.25. The molecule has 1 aromatic carbocycles. The molecule has 0 bridgehead atoms. The molecule has 1 N–H and O–H groups in total. The fraction of sp³-hybridized carbons (Fsp3) is 0.588.